The number of methoxy groups -OCH3 is 1. The summed E-state index contributed by atoms with van der Waals surface area (Å²) in [5.74, 6) is 0.143. The second-order valence-electron chi connectivity index (χ2n) is 6.76. The number of carbonyl (C=O) groups is 1. The van der Waals surface area contributed by atoms with Crippen LogP contribution in [0.4, 0.5) is 0 Å². The second-order valence-corrected chi connectivity index (χ2v) is 7.85. The van der Waals surface area contributed by atoms with Gasteiger partial charge in [-0.25, -0.2) is 4.98 Å². The largest absolute Gasteiger partial charge is 0.462 e. The molecule has 1 aliphatic rings. The molecule has 0 radical (unpaired) electrons. The third-order valence-corrected chi connectivity index (χ3v) is 5.63. The smallest absolute Gasteiger partial charge is 0.326 e. The lowest BCUT2D eigenvalue weighted by Crippen LogP contribution is -2.32. The zero-order valence-electron chi connectivity index (χ0n) is 15.5. The summed E-state index contributed by atoms with van der Waals surface area (Å²) in [6, 6.07) is 0. The summed E-state index contributed by atoms with van der Waals surface area (Å²) < 4.78 is 11.5. The number of hydrogen-bond acceptors (Lipinski definition) is 7. The first-order valence-electron chi connectivity index (χ1n) is 8.84. The Morgan fingerprint density at radius 1 is 1.27 bits per heavy atom. The predicted molar refractivity (Wildman–Crippen MR) is 101 cm³/mol. The zero-order chi connectivity index (χ0) is 18.7. The fraction of sp³-hybridized carbons (Fsp3) is 0.611. The molecule has 1 aliphatic carbocycles. The lowest BCUT2D eigenvalue weighted by Gasteiger charge is -2.16. The standard InChI is InChI=1S/C18H25N3O4S/c1-20(2)10-14-19-17-16(12-6-4-5-7-13(12)26-17)18(23)21(14)11-15(22)25-9-8-24-3/h4-11H2,1-3H3. The van der Waals surface area contributed by atoms with Gasteiger partial charge in [-0.2, -0.15) is 0 Å². The second kappa shape index (κ2) is 8.28. The van der Waals surface area contributed by atoms with Gasteiger partial charge in [-0.1, -0.05) is 0 Å². The van der Waals surface area contributed by atoms with Crippen molar-refractivity contribution in [2.45, 2.75) is 38.8 Å². The minimum Gasteiger partial charge on any atom is -0.462 e. The molecule has 0 saturated heterocycles. The highest BCUT2D eigenvalue weighted by molar-refractivity contribution is 7.18. The summed E-state index contributed by atoms with van der Waals surface area (Å²) in [4.78, 5) is 34.1. The number of rotatable bonds is 7. The Balaban J connectivity index is 2.02. The van der Waals surface area contributed by atoms with Crippen molar-refractivity contribution < 1.29 is 14.3 Å². The number of ether oxygens (including phenoxy) is 2. The van der Waals surface area contributed by atoms with Crippen LogP contribution in [-0.2, 0) is 40.2 Å². The Morgan fingerprint density at radius 2 is 2.04 bits per heavy atom. The van der Waals surface area contributed by atoms with E-state index in [2.05, 4.69) is 0 Å². The molecule has 3 rings (SSSR count). The first-order valence-corrected chi connectivity index (χ1v) is 9.66. The third kappa shape index (κ3) is 3.97. The van der Waals surface area contributed by atoms with E-state index >= 15 is 0 Å². The maximum absolute atomic E-state index is 13.2. The van der Waals surface area contributed by atoms with Crippen LogP contribution in [0, 0.1) is 0 Å². The molecular formula is C18H25N3O4S. The summed E-state index contributed by atoms with van der Waals surface area (Å²) in [6.07, 6.45) is 4.18. The first-order chi connectivity index (χ1) is 12.5. The number of hydrogen-bond donors (Lipinski definition) is 0. The molecule has 0 fully saturated rings. The van der Waals surface area contributed by atoms with Gasteiger partial charge in [-0.05, 0) is 45.3 Å². The SMILES string of the molecule is COCCOC(=O)Cn1c(CN(C)C)nc2sc3c(c2c1=O)CCCC3. The van der Waals surface area contributed by atoms with Crippen LogP contribution in [0.2, 0.25) is 0 Å². The molecule has 0 saturated carbocycles. The van der Waals surface area contributed by atoms with Crippen LogP contribution in [0.3, 0.4) is 0 Å². The molecule has 0 unspecified atom stereocenters. The van der Waals surface area contributed by atoms with Gasteiger partial charge in [-0.15, -0.1) is 11.3 Å². The fourth-order valence-electron chi connectivity index (χ4n) is 3.26. The highest BCUT2D eigenvalue weighted by Gasteiger charge is 2.23. The normalized spacial score (nSPS) is 14.0. The van der Waals surface area contributed by atoms with E-state index in [0.29, 0.717) is 24.4 Å². The molecule has 0 spiro atoms. The van der Waals surface area contributed by atoms with Crippen LogP contribution >= 0.6 is 11.3 Å². The van der Waals surface area contributed by atoms with E-state index in [0.717, 1.165) is 36.1 Å². The molecule has 26 heavy (non-hydrogen) atoms. The Kier molecular flexibility index (Phi) is 6.05. The van der Waals surface area contributed by atoms with Crippen LogP contribution in [-0.4, -0.2) is 54.8 Å². The van der Waals surface area contributed by atoms with Gasteiger partial charge in [0.25, 0.3) is 5.56 Å². The Hall–Kier alpha value is -1.77. The summed E-state index contributed by atoms with van der Waals surface area (Å²) in [6.45, 7) is 0.871. The lowest BCUT2D eigenvalue weighted by atomic mass is 9.97. The molecule has 0 aromatic carbocycles. The third-order valence-electron chi connectivity index (χ3n) is 4.45. The highest BCUT2D eigenvalue weighted by Crippen LogP contribution is 2.33. The van der Waals surface area contributed by atoms with Gasteiger partial charge in [0.2, 0.25) is 0 Å². The van der Waals surface area contributed by atoms with E-state index in [-0.39, 0.29) is 18.7 Å². The number of nitrogens with zero attached hydrogens (tertiary/aromatic N) is 3. The summed E-state index contributed by atoms with van der Waals surface area (Å²) in [7, 11) is 5.37. The van der Waals surface area contributed by atoms with Crippen molar-refractivity contribution in [1.29, 1.82) is 0 Å². The number of esters is 1. The van der Waals surface area contributed by atoms with Gasteiger partial charge >= 0.3 is 5.97 Å². The number of aryl methyl sites for hydroxylation is 2. The lowest BCUT2D eigenvalue weighted by molar-refractivity contribution is -0.145. The maximum Gasteiger partial charge on any atom is 0.326 e. The average molecular weight is 379 g/mol. The minimum absolute atomic E-state index is 0.126. The van der Waals surface area contributed by atoms with Gasteiger partial charge in [-0.3, -0.25) is 14.2 Å². The number of fused-ring (bicyclic) bond motifs is 3. The molecule has 142 valence electrons. The fourth-order valence-corrected chi connectivity index (χ4v) is 4.53. The van der Waals surface area contributed by atoms with E-state index in [4.69, 9.17) is 14.5 Å². The molecule has 0 bridgehead atoms. The summed E-state index contributed by atoms with van der Waals surface area (Å²) in [5, 5.41) is 0.692. The molecule has 7 nitrogen and oxygen atoms in total. The summed E-state index contributed by atoms with van der Waals surface area (Å²) in [5.41, 5.74) is 1.00. The molecule has 2 heterocycles. The molecule has 0 aliphatic heterocycles. The Bertz CT molecular complexity index is 856. The van der Waals surface area contributed by atoms with Gasteiger partial charge in [0.05, 0.1) is 18.5 Å². The van der Waals surface area contributed by atoms with Crippen LogP contribution < -0.4 is 5.56 Å². The van der Waals surface area contributed by atoms with Crippen molar-refractivity contribution in [2.24, 2.45) is 0 Å². The molecule has 2 aromatic heterocycles. The molecule has 0 N–H and O–H groups in total. The number of thiophene rings is 1. The number of aromatic nitrogens is 2. The van der Waals surface area contributed by atoms with Crippen LogP contribution in [0.1, 0.15) is 29.1 Å². The first kappa shape index (κ1) is 19.0. The molecular weight excluding hydrogens is 354 g/mol. The van der Waals surface area contributed by atoms with Crippen LogP contribution in [0.25, 0.3) is 10.2 Å². The Labute approximate surface area is 156 Å². The highest BCUT2D eigenvalue weighted by atomic mass is 32.1. The molecule has 2 aromatic rings. The average Bonchev–Trinajstić information content (AvgIpc) is 2.96. The van der Waals surface area contributed by atoms with Crippen molar-refractivity contribution in [1.82, 2.24) is 14.5 Å². The predicted octanol–water partition coefficient (Wildman–Crippen LogP) is 1.59. The molecule has 0 atom stereocenters. The van der Waals surface area contributed by atoms with Gasteiger partial charge < -0.3 is 14.4 Å². The van der Waals surface area contributed by atoms with E-state index in [1.165, 1.54) is 9.44 Å². The van der Waals surface area contributed by atoms with Gasteiger partial charge in [0, 0.05) is 12.0 Å². The van der Waals surface area contributed by atoms with Crippen molar-refractivity contribution >= 4 is 27.5 Å². The van der Waals surface area contributed by atoms with Crippen molar-refractivity contribution in [2.75, 3.05) is 34.4 Å². The maximum atomic E-state index is 13.2. The van der Waals surface area contributed by atoms with Crippen molar-refractivity contribution in [3.63, 3.8) is 0 Å². The van der Waals surface area contributed by atoms with Gasteiger partial charge in [0.15, 0.2) is 0 Å². The minimum atomic E-state index is -0.450. The molecule has 0 amide bonds. The van der Waals surface area contributed by atoms with Crippen LogP contribution in [0.15, 0.2) is 4.79 Å². The monoisotopic (exact) mass is 379 g/mol. The van der Waals surface area contributed by atoms with Crippen LogP contribution in [0.5, 0.6) is 0 Å². The van der Waals surface area contributed by atoms with Crippen molar-refractivity contribution in [3.05, 3.63) is 26.6 Å². The quantitative estimate of drug-likeness (QED) is 0.537. The van der Waals surface area contributed by atoms with Crippen molar-refractivity contribution in [3.8, 4) is 0 Å². The zero-order valence-corrected chi connectivity index (χ0v) is 16.4. The van der Waals surface area contributed by atoms with E-state index in [9.17, 15) is 9.59 Å². The topological polar surface area (TPSA) is 73.7 Å². The molecule has 8 heteroatoms. The van der Waals surface area contributed by atoms with E-state index in [1.54, 1.807) is 18.4 Å². The van der Waals surface area contributed by atoms with Gasteiger partial charge in [0.1, 0.15) is 23.8 Å². The Morgan fingerprint density at radius 3 is 2.77 bits per heavy atom. The number of carbonyl (C=O) groups excluding carboxylic acids is 1. The van der Waals surface area contributed by atoms with E-state index in [1.807, 2.05) is 19.0 Å². The summed E-state index contributed by atoms with van der Waals surface area (Å²) >= 11 is 1.62. The van der Waals surface area contributed by atoms with E-state index < -0.39 is 5.97 Å².